The van der Waals surface area contributed by atoms with Crippen LogP contribution in [0.2, 0.25) is 0 Å². The Morgan fingerprint density at radius 3 is 1.82 bits per heavy atom. The van der Waals surface area contributed by atoms with Crippen molar-refractivity contribution >= 4 is 34.7 Å². The van der Waals surface area contributed by atoms with E-state index in [1.807, 2.05) is 0 Å². The molecule has 2 aliphatic rings. The topological polar surface area (TPSA) is 51.3 Å². The molecule has 1 saturated carbocycles. The Labute approximate surface area is 301 Å². The molecule has 2 fully saturated rings. The Morgan fingerprint density at radius 1 is 0.706 bits per heavy atom. The molecule has 258 valence electrons. The fraction of sp³-hybridized carbons (Fsp3) is 0.239. The van der Waals surface area contributed by atoms with Crippen LogP contribution in [0.5, 0.6) is 0 Å². The number of epoxide rings is 1. The monoisotopic (exact) mass is 675 g/mol. The van der Waals surface area contributed by atoms with Gasteiger partial charge in [0.25, 0.3) is 0 Å². The number of benzene rings is 5. The average molecular weight is 676 g/mol. The molecule has 0 spiro atoms. The van der Waals surface area contributed by atoms with E-state index in [2.05, 4.69) is 151 Å². The summed E-state index contributed by atoms with van der Waals surface area (Å²) in [4.78, 5) is 13.8. The van der Waals surface area contributed by atoms with E-state index in [1.165, 1.54) is 47.6 Å². The molecule has 5 nitrogen and oxygen atoms in total. The molecule has 1 saturated heterocycles. The van der Waals surface area contributed by atoms with Crippen LogP contribution < -0.4 is 4.90 Å². The number of hydrogen-bond donors (Lipinski definition) is 0. The van der Waals surface area contributed by atoms with Gasteiger partial charge >= 0.3 is 5.97 Å². The molecular weight excluding hydrogens is 631 g/mol. The molecule has 7 rings (SSSR count). The van der Waals surface area contributed by atoms with E-state index in [1.54, 1.807) is 0 Å². The maximum Gasteiger partial charge on any atom is 0.330 e. The van der Waals surface area contributed by atoms with E-state index in [0.29, 0.717) is 37.8 Å². The zero-order valence-corrected chi connectivity index (χ0v) is 29.0. The number of rotatable bonds is 15. The molecule has 0 aromatic heterocycles. The minimum absolute atomic E-state index is 0.317. The first-order valence-electron chi connectivity index (χ1n) is 18.1. The molecule has 1 aliphatic carbocycles. The second-order valence-electron chi connectivity index (χ2n) is 13.3. The third-order valence-electron chi connectivity index (χ3n) is 9.84. The first-order chi connectivity index (χ1) is 25.1. The molecule has 1 aliphatic heterocycles. The summed E-state index contributed by atoms with van der Waals surface area (Å²) in [5.74, 6) is 0.152. The Bertz CT molecular complexity index is 1860. The highest BCUT2D eigenvalue weighted by molar-refractivity contribution is 5.91. The quantitative estimate of drug-likeness (QED) is 0.0364. The summed E-state index contributed by atoms with van der Waals surface area (Å²) in [5, 5.41) is 0. The van der Waals surface area contributed by atoms with Crippen molar-refractivity contribution in [2.45, 2.75) is 44.3 Å². The summed E-state index contributed by atoms with van der Waals surface area (Å²) >= 11 is 0. The SMILES string of the molecule is C=CC(=O)OCCc1ccc(N(c2ccc(C=C(c3ccccc3)c3ccccc3)cc2)c2ccc(CCOCC3CCCC4OC34)cc2)cc1. The summed E-state index contributed by atoms with van der Waals surface area (Å²) in [7, 11) is 0. The van der Waals surface area contributed by atoms with Crippen molar-refractivity contribution in [3.05, 3.63) is 174 Å². The maximum atomic E-state index is 11.5. The van der Waals surface area contributed by atoms with Crippen molar-refractivity contribution < 1.29 is 19.0 Å². The van der Waals surface area contributed by atoms with E-state index in [4.69, 9.17) is 14.2 Å². The summed E-state index contributed by atoms with van der Waals surface area (Å²) in [6, 6.07) is 47.1. The largest absolute Gasteiger partial charge is 0.462 e. The second-order valence-corrected chi connectivity index (χ2v) is 13.3. The van der Waals surface area contributed by atoms with Gasteiger partial charge in [-0.25, -0.2) is 4.79 Å². The van der Waals surface area contributed by atoms with Gasteiger partial charge in [0, 0.05) is 35.5 Å². The molecule has 0 amide bonds. The average Bonchev–Trinajstić information content (AvgIpc) is 3.99. The van der Waals surface area contributed by atoms with Gasteiger partial charge in [0.2, 0.25) is 0 Å². The zero-order valence-electron chi connectivity index (χ0n) is 29.0. The van der Waals surface area contributed by atoms with Gasteiger partial charge in [0.05, 0.1) is 32.0 Å². The highest BCUT2D eigenvalue weighted by Gasteiger charge is 2.46. The fourth-order valence-electron chi connectivity index (χ4n) is 7.01. The number of anilines is 3. The molecule has 0 N–H and O–H groups in total. The van der Waals surface area contributed by atoms with Crippen LogP contribution in [0.1, 0.15) is 47.1 Å². The smallest absolute Gasteiger partial charge is 0.330 e. The van der Waals surface area contributed by atoms with Crippen LogP contribution in [0.25, 0.3) is 11.6 Å². The molecule has 5 aromatic rings. The number of ether oxygens (including phenoxy) is 3. The van der Waals surface area contributed by atoms with Gasteiger partial charge in [0.1, 0.15) is 0 Å². The lowest BCUT2D eigenvalue weighted by Gasteiger charge is -2.26. The minimum Gasteiger partial charge on any atom is -0.462 e. The second kappa shape index (κ2) is 16.7. The van der Waals surface area contributed by atoms with E-state index < -0.39 is 5.97 Å². The third kappa shape index (κ3) is 8.93. The van der Waals surface area contributed by atoms with E-state index >= 15 is 0 Å². The number of carbonyl (C=O) groups is 1. The minimum atomic E-state index is -0.402. The Morgan fingerprint density at radius 2 is 1.25 bits per heavy atom. The molecule has 0 radical (unpaired) electrons. The van der Waals surface area contributed by atoms with Crippen molar-refractivity contribution in [1.82, 2.24) is 0 Å². The molecule has 3 atom stereocenters. The maximum absolute atomic E-state index is 11.5. The van der Waals surface area contributed by atoms with Crippen molar-refractivity contribution in [2.75, 3.05) is 24.7 Å². The van der Waals surface area contributed by atoms with Gasteiger partial charge in [-0.05, 0) is 95.1 Å². The van der Waals surface area contributed by atoms with Crippen LogP contribution in [-0.2, 0) is 31.8 Å². The number of hydrogen-bond acceptors (Lipinski definition) is 5. The van der Waals surface area contributed by atoms with Crippen LogP contribution in [0, 0.1) is 5.92 Å². The van der Waals surface area contributed by atoms with E-state index in [9.17, 15) is 4.79 Å². The molecule has 1 heterocycles. The summed E-state index contributed by atoms with van der Waals surface area (Å²) < 4.78 is 17.1. The number of fused-ring (bicyclic) bond motifs is 1. The normalized spacial score (nSPS) is 17.5. The first-order valence-corrected chi connectivity index (χ1v) is 18.1. The van der Waals surface area contributed by atoms with Crippen LogP contribution in [0.15, 0.2) is 146 Å². The predicted octanol–water partition coefficient (Wildman–Crippen LogP) is 10.1. The Hall–Kier alpha value is -5.23. The lowest BCUT2D eigenvalue weighted by molar-refractivity contribution is -0.137. The number of nitrogens with zero attached hydrogens (tertiary/aromatic N) is 1. The lowest BCUT2D eigenvalue weighted by atomic mass is 9.90. The third-order valence-corrected chi connectivity index (χ3v) is 9.84. The number of carbonyl (C=O) groups excluding carboxylic acids is 1. The fourth-order valence-corrected chi connectivity index (χ4v) is 7.01. The standard InChI is InChI=1S/C46H45NO4/c1-2-45(48)50-31-29-35-18-24-41(25-19-35)47(40-22-16-34(17-23-40)28-30-49-33-39-14-9-15-44-46(39)51-44)42-26-20-36(21-27-42)32-43(37-10-5-3-6-11-37)38-12-7-4-8-13-38/h2-8,10-13,16-27,32,39,44,46H,1,9,14-15,28-31,33H2. The van der Waals surface area contributed by atoms with E-state index in [0.717, 1.165) is 41.2 Å². The molecular formula is C46H45NO4. The molecule has 0 bridgehead atoms. The molecule has 51 heavy (non-hydrogen) atoms. The van der Waals surface area contributed by atoms with Gasteiger partial charge in [-0.3, -0.25) is 0 Å². The molecule has 3 unspecified atom stereocenters. The molecule has 5 aromatic carbocycles. The van der Waals surface area contributed by atoms with Gasteiger partial charge < -0.3 is 19.1 Å². The zero-order chi connectivity index (χ0) is 34.8. The summed E-state index contributed by atoms with van der Waals surface area (Å²) in [5.41, 5.74) is 10.2. The number of esters is 1. The first kappa shape index (κ1) is 34.2. The van der Waals surface area contributed by atoms with Crippen molar-refractivity contribution in [1.29, 1.82) is 0 Å². The van der Waals surface area contributed by atoms with Crippen LogP contribution in [0.4, 0.5) is 17.1 Å². The highest BCUT2D eigenvalue weighted by atomic mass is 16.6. The van der Waals surface area contributed by atoms with Crippen molar-refractivity contribution in [3.8, 4) is 0 Å². The summed E-state index contributed by atoms with van der Waals surface area (Å²) in [6.45, 7) is 5.30. The summed E-state index contributed by atoms with van der Waals surface area (Å²) in [6.07, 6.45) is 9.58. The highest BCUT2D eigenvalue weighted by Crippen LogP contribution is 2.41. The van der Waals surface area contributed by atoms with Crippen LogP contribution in [0.3, 0.4) is 0 Å². The van der Waals surface area contributed by atoms with Gasteiger partial charge in [0.15, 0.2) is 0 Å². The van der Waals surface area contributed by atoms with E-state index in [-0.39, 0.29) is 0 Å². The predicted molar refractivity (Wildman–Crippen MR) is 206 cm³/mol. The van der Waals surface area contributed by atoms with Gasteiger partial charge in [-0.2, -0.15) is 0 Å². The van der Waals surface area contributed by atoms with Gasteiger partial charge in [-0.1, -0.05) is 110 Å². The van der Waals surface area contributed by atoms with Crippen LogP contribution in [-0.4, -0.2) is 38.0 Å². The molecule has 5 heteroatoms. The Balaban J connectivity index is 1.10. The lowest BCUT2D eigenvalue weighted by Crippen LogP contribution is -2.22. The van der Waals surface area contributed by atoms with Crippen molar-refractivity contribution in [2.24, 2.45) is 5.92 Å². The van der Waals surface area contributed by atoms with Crippen molar-refractivity contribution in [3.63, 3.8) is 0 Å². The Kier molecular flexibility index (Phi) is 11.2. The van der Waals surface area contributed by atoms with Crippen LogP contribution >= 0.6 is 0 Å². The van der Waals surface area contributed by atoms with Gasteiger partial charge in [-0.15, -0.1) is 0 Å².